The number of aliphatic hydroxyl groups excluding tert-OH is 1. The molecule has 0 saturated carbocycles. The molecule has 0 aliphatic carbocycles. The van der Waals surface area contributed by atoms with Crippen LogP contribution in [0.3, 0.4) is 0 Å². The third-order valence-electron chi connectivity index (χ3n) is 11.2. The maximum atomic E-state index is 13.8. The van der Waals surface area contributed by atoms with Crippen molar-refractivity contribution in [2.45, 2.75) is 65.3 Å². The Morgan fingerprint density at radius 3 is 1.89 bits per heavy atom. The number of aliphatic hydroxyl groups is 2. The number of fused-ring (bicyclic) bond motifs is 11. The van der Waals surface area contributed by atoms with Crippen LogP contribution in [0.2, 0.25) is 0 Å². The second-order valence-corrected chi connectivity index (χ2v) is 18.8. The maximum absolute atomic E-state index is 13.8. The summed E-state index contributed by atoms with van der Waals surface area (Å²) in [6.07, 6.45) is 0.826. The number of nitrogens with two attached hydrogens (primary N) is 1. The minimum atomic E-state index is -2.00. The highest BCUT2D eigenvalue weighted by atomic mass is 32.1. The van der Waals surface area contributed by atoms with Gasteiger partial charge in [-0.15, -0.1) is 11.3 Å². The second kappa shape index (κ2) is 24.5. The van der Waals surface area contributed by atoms with Crippen molar-refractivity contribution < 1.29 is 71.4 Å². The van der Waals surface area contributed by atoms with Crippen molar-refractivity contribution in [1.29, 1.82) is 0 Å². The normalized spacial score (nSPS) is 17.3. The number of carbonyl (C=O) groups is 10. The number of hydrogen-bond donors (Lipinski definition) is 12. The molecular weight excluding hydrogens is 1090 g/mol. The van der Waals surface area contributed by atoms with E-state index in [9.17, 15) is 58.2 Å². The summed E-state index contributed by atoms with van der Waals surface area (Å²) in [6.45, 7) is 29.1. The number of nitrogens with one attached hydrogen (secondary N) is 9. The highest BCUT2D eigenvalue weighted by Gasteiger charge is 2.37. The van der Waals surface area contributed by atoms with Crippen LogP contribution in [0.5, 0.6) is 0 Å². The first-order valence-electron chi connectivity index (χ1n) is 23.6. The van der Waals surface area contributed by atoms with Gasteiger partial charge in [0.15, 0.2) is 11.4 Å². The van der Waals surface area contributed by atoms with Gasteiger partial charge in [-0.3, -0.25) is 47.9 Å². The number of aromatic nitrogens is 5. The molecule has 30 nitrogen and oxygen atoms in total. The van der Waals surface area contributed by atoms with Crippen LogP contribution in [0.1, 0.15) is 98.8 Å². The smallest absolute Gasteiger partial charge is 0.278 e. The highest BCUT2D eigenvalue weighted by Crippen LogP contribution is 2.33. The summed E-state index contributed by atoms with van der Waals surface area (Å²) < 4.78 is 16.9. The topological polar surface area (TPSA) is 449 Å². The van der Waals surface area contributed by atoms with E-state index in [4.69, 9.17) is 19.0 Å². The molecule has 0 saturated heterocycles. The number of thiazole rings is 1. The fourth-order valence-corrected chi connectivity index (χ4v) is 7.70. The van der Waals surface area contributed by atoms with Crippen LogP contribution in [-0.2, 0) is 28.8 Å². The summed E-state index contributed by atoms with van der Waals surface area (Å²) in [6, 6.07) is -0.904. The van der Waals surface area contributed by atoms with E-state index in [1.165, 1.54) is 65.1 Å². The molecule has 1 aliphatic rings. The van der Waals surface area contributed by atoms with E-state index in [2.05, 4.69) is 112 Å². The molecule has 0 aromatic carbocycles. The van der Waals surface area contributed by atoms with Gasteiger partial charge < -0.3 is 77.0 Å². The van der Waals surface area contributed by atoms with Crippen molar-refractivity contribution in [2.75, 3.05) is 0 Å². The Bertz CT molecular complexity index is 3660. The molecule has 1 aliphatic heterocycles. The lowest BCUT2D eigenvalue weighted by Gasteiger charge is -2.29. The summed E-state index contributed by atoms with van der Waals surface area (Å²) in [5.74, 6) is -11.7. The predicted octanol–water partition coefficient (Wildman–Crippen LogP) is 0.0983. The number of nitrogens with zero attached hydrogens (tertiary/aromatic N) is 5. The average Bonchev–Trinajstić information content (AvgIpc) is 3.99. The third-order valence-corrected chi connectivity index (χ3v) is 12.0. The maximum Gasteiger partial charge on any atom is 0.278 e. The number of amides is 10. The molecule has 5 aromatic rings. The number of primary amides is 1. The van der Waals surface area contributed by atoms with Crippen molar-refractivity contribution in [2.24, 2.45) is 5.73 Å². The van der Waals surface area contributed by atoms with E-state index in [-0.39, 0.29) is 73.7 Å². The summed E-state index contributed by atoms with van der Waals surface area (Å²) in [7, 11) is 0. The van der Waals surface area contributed by atoms with Crippen LogP contribution in [-0.4, -0.2) is 118 Å². The molecule has 0 spiro atoms. The monoisotopic (exact) mass is 1150 g/mol. The zero-order chi connectivity index (χ0) is 60.8. The molecule has 6 heterocycles. The number of rotatable bonds is 7. The van der Waals surface area contributed by atoms with Gasteiger partial charge in [-0.05, 0) is 53.7 Å². The van der Waals surface area contributed by atoms with Crippen LogP contribution in [0.4, 0.5) is 0 Å². The fraction of sp³-hybridized carbons (Fsp3) is 0.196. The van der Waals surface area contributed by atoms with Crippen LogP contribution >= 0.6 is 11.3 Å². The summed E-state index contributed by atoms with van der Waals surface area (Å²) >= 11 is 0.884. The first-order chi connectivity index (χ1) is 38.4. The molecule has 31 heteroatoms. The van der Waals surface area contributed by atoms with Gasteiger partial charge in [-0.2, -0.15) is 0 Å². The van der Waals surface area contributed by atoms with Gasteiger partial charge in [-0.1, -0.05) is 45.5 Å². The lowest BCUT2D eigenvalue weighted by atomic mass is 9.97. The number of allylic oxidation sites excluding steroid dienone is 1. The minimum Gasteiger partial charge on any atom is -0.443 e. The Balaban J connectivity index is 1.37. The molecule has 8 bridgehead atoms. The standard InChI is InChI=1S/C51H51N15O15S/c1-13-28-49-65-34(26(10)81-49)45(76)56-21(5)40(71)66-36(51(11,12)78)46(77)58-23(7)48-64-33(25(9)80-48)44(75)55-20(4)39(70)57-22(6)47-61-30(16-79-47)35-27(50-62-31(17-82-50)42(73)63-32(24(8)67)43(74)60-28)14-15-29(59-35)41(72)54-19(3)38(69)53-18(2)37(52)68/h13-17,24,32,36,67,78H,2-7H2,1,8-12H3,(H2,52,68)(H,53,69)(H,54,72)(H,55,75)(H,56,76)(H,57,70)(H,58,77)(H,60,74)(H,63,73)(H,66,71)/b28-13+/t24-,32+,36-/m1/s1. The number of hydrogen-bond acceptors (Lipinski definition) is 21. The molecule has 0 unspecified atom stereocenters. The van der Waals surface area contributed by atoms with E-state index < -0.39 is 123 Å². The highest BCUT2D eigenvalue weighted by molar-refractivity contribution is 7.13. The Hall–Kier alpha value is -10.8. The van der Waals surface area contributed by atoms with Gasteiger partial charge in [0.1, 0.15) is 57.7 Å². The average molecular weight is 1150 g/mol. The summed E-state index contributed by atoms with van der Waals surface area (Å²) in [4.78, 5) is 154. The summed E-state index contributed by atoms with van der Waals surface area (Å²) in [5, 5.41) is 43.7. The molecule has 5 aromatic heterocycles. The Kier molecular flexibility index (Phi) is 18.0. The van der Waals surface area contributed by atoms with Gasteiger partial charge in [0.05, 0.1) is 51.6 Å². The van der Waals surface area contributed by atoms with Crippen molar-refractivity contribution in [3.05, 3.63) is 144 Å². The predicted molar refractivity (Wildman–Crippen MR) is 287 cm³/mol. The van der Waals surface area contributed by atoms with E-state index in [0.717, 1.165) is 17.6 Å². The van der Waals surface area contributed by atoms with Crippen LogP contribution in [0.25, 0.3) is 39.1 Å². The van der Waals surface area contributed by atoms with Crippen LogP contribution in [0.15, 0.2) is 105 Å². The first-order valence-corrected chi connectivity index (χ1v) is 24.5. The van der Waals surface area contributed by atoms with Crippen molar-refractivity contribution in [3.63, 3.8) is 0 Å². The largest absolute Gasteiger partial charge is 0.443 e. The number of pyridine rings is 1. The molecule has 3 atom stereocenters. The second-order valence-electron chi connectivity index (χ2n) is 18.0. The zero-order valence-electron chi connectivity index (χ0n) is 44.3. The van der Waals surface area contributed by atoms with Crippen LogP contribution < -0.4 is 53.6 Å². The SMILES string of the molecule is C=C(NC(=O)C(=C)NC(=O)c1ccc2c(n1)-c1coc(n1)C(=C)NC(=O)C(=C)NC(=O)c1nc(oc1C)C(=C)NC(=O)[C@H](C(C)(C)O)NC(=O)C(=C)NC(=O)c1nc(oc1C)/C(=C\C)NC(=O)[C@H]([C@@H](C)O)NC(=O)c1csc-2n1)C(N)=O. The molecule has 426 valence electrons. The molecule has 0 radical (unpaired) electrons. The van der Waals surface area contributed by atoms with Gasteiger partial charge in [0, 0.05) is 10.9 Å². The Morgan fingerprint density at radius 2 is 1.29 bits per heavy atom. The quantitative estimate of drug-likeness (QED) is 0.0962. The Morgan fingerprint density at radius 1 is 0.707 bits per heavy atom. The van der Waals surface area contributed by atoms with Gasteiger partial charge in [-0.25, -0.2) is 24.9 Å². The van der Waals surface area contributed by atoms with E-state index in [1.807, 2.05) is 0 Å². The van der Waals surface area contributed by atoms with E-state index in [0.29, 0.717) is 0 Å². The molecule has 6 rings (SSSR count). The zero-order valence-corrected chi connectivity index (χ0v) is 45.1. The van der Waals surface area contributed by atoms with E-state index >= 15 is 0 Å². The van der Waals surface area contributed by atoms with E-state index in [1.54, 1.807) is 0 Å². The lowest BCUT2D eigenvalue weighted by molar-refractivity contribution is -0.132. The van der Waals surface area contributed by atoms with Crippen molar-refractivity contribution in [1.82, 2.24) is 72.8 Å². The number of carbonyl (C=O) groups excluding carboxylic acids is 10. The minimum absolute atomic E-state index is 0.0594. The molecule has 13 N–H and O–H groups in total. The third kappa shape index (κ3) is 13.9. The van der Waals surface area contributed by atoms with Crippen molar-refractivity contribution in [3.8, 4) is 22.0 Å². The number of aryl methyl sites for hydroxylation is 2. The lowest BCUT2D eigenvalue weighted by Crippen LogP contribution is -2.58. The van der Waals surface area contributed by atoms with Gasteiger partial charge in [0.2, 0.25) is 29.5 Å². The van der Waals surface area contributed by atoms with Gasteiger partial charge >= 0.3 is 0 Å². The first kappa shape index (κ1) is 60.4. The molecule has 10 amide bonds. The molecular formula is C51H51N15O15S. The van der Waals surface area contributed by atoms with Gasteiger partial charge in [0.25, 0.3) is 47.3 Å². The number of oxazole rings is 3. The molecule has 0 fully saturated rings. The van der Waals surface area contributed by atoms with Crippen LogP contribution in [0, 0.1) is 13.8 Å². The summed E-state index contributed by atoms with van der Waals surface area (Å²) in [5.41, 5.74) is -1.53. The Labute approximate surface area is 467 Å². The molecule has 82 heavy (non-hydrogen) atoms. The fourth-order valence-electron chi connectivity index (χ4n) is 6.87. The van der Waals surface area contributed by atoms with Crippen molar-refractivity contribution >= 4 is 87.5 Å².